The molecule has 0 saturated carbocycles. The molecule has 0 amide bonds. The second-order valence-electron chi connectivity index (χ2n) is 5.16. The summed E-state index contributed by atoms with van der Waals surface area (Å²) in [7, 11) is 0. The van der Waals surface area contributed by atoms with E-state index in [4.69, 9.17) is 4.74 Å². The van der Waals surface area contributed by atoms with Gasteiger partial charge in [0.1, 0.15) is 11.9 Å². The monoisotopic (exact) mass is 265 g/mol. The summed E-state index contributed by atoms with van der Waals surface area (Å²) in [6.45, 7) is 5.73. The number of nitrogens with zero attached hydrogens (tertiary/aromatic N) is 2. The lowest BCUT2D eigenvalue weighted by Gasteiger charge is -2.22. The van der Waals surface area contributed by atoms with Crippen LogP contribution in [0, 0.1) is 22.0 Å². The highest BCUT2D eigenvalue weighted by molar-refractivity contribution is 5.59. The van der Waals surface area contributed by atoms with E-state index in [9.17, 15) is 10.1 Å². The molecule has 1 fully saturated rings. The molecule has 0 radical (unpaired) electrons. The molecule has 2 heterocycles. The first-order chi connectivity index (χ1) is 9.09. The Morgan fingerprint density at radius 2 is 2.42 bits per heavy atom. The molecule has 0 spiro atoms. The van der Waals surface area contributed by atoms with Crippen LogP contribution >= 0.6 is 0 Å². The third-order valence-corrected chi connectivity index (χ3v) is 3.47. The van der Waals surface area contributed by atoms with E-state index in [1.807, 2.05) is 0 Å². The van der Waals surface area contributed by atoms with E-state index < -0.39 is 4.92 Å². The number of anilines is 1. The number of aromatic nitrogens is 1. The Bertz CT molecular complexity index is 451. The lowest BCUT2D eigenvalue weighted by atomic mass is 9.93. The van der Waals surface area contributed by atoms with Crippen LogP contribution in [0.5, 0.6) is 0 Å². The van der Waals surface area contributed by atoms with Crippen molar-refractivity contribution in [2.45, 2.75) is 26.4 Å². The number of ether oxygens (including phenoxy) is 1. The maximum absolute atomic E-state index is 10.9. The van der Waals surface area contributed by atoms with Gasteiger partial charge < -0.3 is 10.1 Å². The van der Waals surface area contributed by atoms with Crippen molar-refractivity contribution in [1.82, 2.24) is 4.98 Å². The van der Waals surface area contributed by atoms with E-state index in [0.717, 1.165) is 13.0 Å². The van der Waals surface area contributed by atoms with Gasteiger partial charge in [-0.15, -0.1) is 0 Å². The Balaban J connectivity index is 2.01. The van der Waals surface area contributed by atoms with Crippen LogP contribution in [0.2, 0.25) is 0 Å². The molecule has 2 unspecified atom stereocenters. The Morgan fingerprint density at radius 3 is 3.11 bits per heavy atom. The van der Waals surface area contributed by atoms with Gasteiger partial charge in [-0.1, -0.05) is 13.8 Å². The van der Waals surface area contributed by atoms with Crippen molar-refractivity contribution in [3.05, 3.63) is 28.6 Å². The molecule has 1 aromatic rings. The number of nitro groups is 1. The zero-order chi connectivity index (χ0) is 13.8. The van der Waals surface area contributed by atoms with Crippen LogP contribution < -0.4 is 5.32 Å². The zero-order valence-corrected chi connectivity index (χ0v) is 11.2. The van der Waals surface area contributed by atoms with Crippen molar-refractivity contribution in [2.24, 2.45) is 11.8 Å². The summed E-state index contributed by atoms with van der Waals surface area (Å²) in [5, 5.41) is 14.1. The van der Waals surface area contributed by atoms with E-state index in [2.05, 4.69) is 24.1 Å². The van der Waals surface area contributed by atoms with Crippen LogP contribution in [0.15, 0.2) is 18.5 Å². The number of hydrogen-bond acceptors (Lipinski definition) is 5. The van der Waals surface area contributed by atoms with Gasteiger partial charge in [-0.3, -0.25) is 15.1 Å². The van der Waals surface area contributed by atoms with Crippen molar-refractivity contribution >= 4 is 11.4 Å². The van der Waals surface area contributed by atoms with Crippen LogP contribution in [0.25, 0.3) is 0 Å². The molecule has 1 aliphatic heterocycles. The van der Waals surface area contributed by atoms with Gasteiger partial charge in [0.2, 0.25) is 0 Å². The Labute approximate surface area is 112 Å². The Hall–Kier alpha value is -1.69. The molecule has 19 heavy (non-hydrogen) atoms. The highest BCUT2D eigenvalue weighted by Gasteiger charge is 2.30. The van der Waals surface area contributed by atoms with Crippen molar-refractivity contribution < 1.29 is 9.66 Å². The minimum Gasteiger partial charge on any atom is -0.379 e. The summed E-state index contributed by atoms with van der Waals surface area (Å²) in [6.07, 6.45) is 4.05. The Kier molecular flexibility index (Phi) is 4.31. The van der Waals surface area contributed by atoms with Crippen molar-refractivity contribution in [1.29, 1.82) is 0 Å². The molecular formula is C13H19N3O3. The molecule has 6 nitrogen and oxygen atoms in total. The van der Waals surface area contributed by atoms with Gasteiger partial charge in [-0.05, 0) is 18.4 Å². The minimum absolute atomic E-state index is 0.0162. The SMILES string of the molecule is CC(C)C1OCCC1CNc1ccncc1[N+](=O)[O-]. The van der Waals surface area contributed by atoms with Crippen molar-refractivity contribution in [3.8, 4) is 0 Å². The summed E-state index contributed by atoms with van der Waals surface area (Å²) in [5.74, 6) is 0.856. The molecule has 0 aliphatic carbocycles. The van der Waals surface area contributed by atoms with Crippen LogP contribution in [0.3, 0.4) is 0 Å². The largest absolute Gasteiger partial charge is 0.379 e. The van der Waals surface area contributed by atoms with Crippen LogP contribution in [-0.4, -0.2) is 29.2 Å². The quantitative estimate of drug-likeness (QED) is 0.653. The van der Waals surface area contributed by atoms with Crippen LogP contribution in [-0.2, 0) is 4.74 Å². The molecule has 6 heteroatoms. The fourth-order valence-corrected chi connectivity index (χ4v) is 2.53. The van der Waals surface area contributed by atoms with Gasteiger partial charge in [0.05, 0.1) is 11.0 Å². The van der Waals surface area contributed by atoms with E-state index >= 15 is 0 Å². The molecular weight excluding hydrogens is 246 g/mol. The van der Waals surface area contributed by atoms with Crippen LogP contribution in [0.4, 0.5) is 11.4 Å². The van der Waals surface area contributed by atoms with E-state index in [0.29, 0.717) is 24.1 Å². The van der Waals surface area contributed by atoms with Gasteiger partial charge in [-0.25, -0.2) is 0 Å². The van der Waals surface area contributed by atoms with Gasteiger partial charge in [0.25, 0.3) is 0 Å². The first-order valence-corrected chi connectivity index (χ1v) is 6.53. The first-order valence-electron chi connectivity index (χ1n) is 6.53. The number of rotatable bonds is 5. The highest BCUT2D eigenvalue weighted by atomic mass is 16.6. The first kappa shape index (κ1) is 13.7. The van der Waals surface area contributed by atoms with Crippen LogP contribution in [0.1, 0.15) is 20.3 Å². The molecule has 1 aromatic heterocycles. The van der Waals surface area contributed by atoms with Gasteiger partial charge in [0.15, 0.2) is 0 Å². The molecule has 2 rings (SSSR count). The molecule has 2 atom stereocenters. The van der Waals surface area contributed by atoms with E-state index in [1.54, 1.807) is 12.3 Å². The molecule has 1 aliphatic rings. The fourth-order valence-electron chi connectivity index (χ4n) is 2.53. The smallest absolute Gasteiger partial charge is 0.310 e. The lowest BCUT2D eigenvalue weighted by Crippen LogP contribution is -2.28. The fraction of sp³-hybridized carbons (Fsp3) is 0.615. The van der Waals surface area contributed by atoms with Crippen molar-refractivity contribution in [2.75, 3.05) is 18.5 Å². The number of nitrogens with one attached hydrogen (secondary N) is 1. The zero-order valence-electron chi connectivity index (χ0n) is 11.2. The third-order valence-electron chi connectivity index (χ3n) is 3.47. The average Bonchev–Trinajstić information content (AvgIpc) is 2.85. The maximum Gasteiger partial charge on any atom is 0.310 e. The second-order valence-corrected chi connectivity index (χ2v) is 5.16. The third kappa shape index (κ3) is 3.20. The minimum atomic E-state index is -0.416. The van der Waals surface area contributed by atoms with E-state index in [-0.39, 0.29) is 11.8 Å². The summed E-state index contributed by atoms with van der Waals surface area (Å²) >= 11 is 0. The average molecular weight is 265 g/mol. The molecule has 1 saturated heterocycles. The van der Waals surface area contributed by atoms with Gasteiger partial charge in [0, 0.05) is 25.3 Å². The standard InChI is InChI=1S/C13H19N3O3/c1-9(2)13-10(4-6-19-13)7-15-11-3-5-14-8-12(11)16(17)18/h3,5,8-10,13H,4,6-7H2,1-2H3,(H,14,15). The predicted octanol–water partition coefficient (Wildman–Crippen LogP) is 2.46. The molecule has 104 valence electrons. The molecule has 0 aromatic carbocycles. The number of hydrogen-bond donors (Lipinski definition) is 1. The van der Waals surface area contributed by atoms with Gasteiger partial charge in [-0.2, -0.15) is 0 Å². The Morgan fingerprint density at radius 1 is 1.63 bits per heavy atom. The maximum atomic E-state index is 10.9. The predicted molar refractivity (Wildman–Crippen MR) is 72.1 cm³/mol. The molecule has 0 bridgehead atoms. The summed E-state index contributed by atoms with van der Waals surface area (Å²) in [4.78, 5) is 14.3. The summed E-state index contributed by atoms with van der Waals surface area (Å²) < 4.78 is 5.71. The highest BCUT2D eigenvalue weighted by Crippen LogP contribution is 2.28. The second kappa shape index (κ2) is 5.97. The lowest BCUT2D eigenvalue weighted by molar-refractivity contribution is -0.384. The number of pyridine rings is 1. The topological polar surface area (TPSA) is 77.3 Å². The summed E-state index contributed by atoms with van der Waals surface area (Å²) in [5.41, 5.74) is 0.539. The normalized spacial score (nSPS) is 22.7. The van der Waals surface area contributed by atoms with E-state index in [1.165, 1.54) is 6.20 Å². The summed E-state index contributed by atoms with van der Waals surface area (Å²) in [6, 6.07) is 1.64. The van der Waals surface area contributed by atoms with Gasteiger partial charge >= 0.3 is 5.69 Å². The molecule has 1 N–H and O–H groups in total. The van der Waals surface area contributed by atoms with Crippen molar-refractivity contribution in [3.63, 3.8) is 0 Å².